The van der Waals surface area contributed by atoms with Crippen molar-refractivity contribution < 1.29 is 9.13 Å². The van der Waals surface area contributed by atoms with E-state index < -0.39 is 0 Å². The van der Waals surface area contributed by atoms with Crippen LogP contribution in [0.25, 0.3) is 0 Å². The van der Waals surface area contributed by atoms with Gasteiger partial charge in [-0.1, -0.05) is 12.1 Å². The Hall–Kier alpha value is -1.09. The maximum absolute atomic E-state index is 13.7. The van der Waals surface area contributed by atoms with Crippen LogP contribution in [0.15, 0.2) is 18.2 Å². The summed E-state index contributed by atoms with van der Waals surface area (Å²) in [7, 11) is 0. The molecule has 0 amide bonds. The summed E-state index contributed by atoms with van der Waals surface area (Å²) in [5.74, 6) is 0.475. The molecule has 0 atom stereocenters. The molecule has 0 aliphatic carbocycles. The number of halogens is 1. The lowest BCUT2D eigenvalue weighted by Crippen LogP contribution is -2.23. The lowest BCUT2D eigenvalue weighted by Gasteiger charge is -2.22. The Labute approximate surface area is 95.8 Å². The van der Waals surface area contributed by atoms with E-state index in [1.165, 1.54) is 0 Å². The third-order valence-corrected chi connectivity index (χ3v) is 3.11. The van der Waals surface area contributed by atoms with Crippen molar-refractivity contribution in [1.29, 1.82) is 0 Å². The van der Waals surface area contributed by atoms with Crippen molar-refractivity contribution in [3.63, 3.8) is 0 Å². The highest BCUT2D eigenvalue weighted by atomic mass is 19.1. The van der Waals surface area contributed by atoms with Crippen molar-refractivity contribution in [3.8, 4) is 0 Å². The average molecular weight is 223 g/mol. The summed E-state index contributed by atoms with van der Waals surface area (Å²) in [5, 5.41) is 3.19. The molecule has 3 heteroatoms. The van der Waals surface area contributed by atoms with Gasteiger partial charge in [0, 0.05) is 19.8 Å². The fourth-order valence-electron chi connectivity index (χ4n) is 1.99. The molecule has 1 aliphatic heterocycles. The summed E-state index contributed by atoms with van der Waals surface area (Å²) in [6.07, 6.45) is 2.14. The van der Waals surface area contributed by atoms with Crippen LogP contribution in [0, 0.1) is 18.7 Å². The summed E-state index contributed by atoms with van der Waals surface area (Å²) < 4.78 is 19.0. The Balaban J connectivity index is 1.91. The van der Waals surface area contributed by atoms with Crippen molar-refractivity contribution >= 4 is 5.69 Å². The predicted octanol–water partition coefficient (Wildman–Crippen LogP) is 2.97. The first kappa shape index (κ1) is 11.4. The van der Waals surface area contributed by atoms with E-state index >= 15 is 0 Å². The molecule has 1 fully saturated rings. The van der Waals surface area contributed by atoms with Crippen LogP contribution in [0.3, 0.4) is 0 Å². The van der Waals surface area contributed by atoms with Crippen molar-refractivity contribution in [2.75, 3.05) is 25.1 Å². The number of rotatable bonds is 3. The van der Waals surface area contributed by atoms with E-state index in [9.17, 15) is 4.39 Å². The zero-order valence-corrected chi connectivity index (χ0v) is 9.63. The molecule has 0 radical (unpaired) electrons. The first-order valence-corrected chi connectivity index (χ1v) is 5.84. The average Bonchev–Trinajstić information content (AvgIpc) is 2.32. The predicted molar refractivity (Wildman–Crippen MR) is 63.2 cm³/mol. The normalized spacial score (nSPS) is 17.4. The van der Waals surface area contributed by atoms with Gasteiger partial charge in [0.2, 0.25) is 0 Å². The van der Waals surface area contributed by atoms with Crippen LogP contribution >= 0.6 is 0 Å². The molecule has 1 heterocycles. The first-order valence-electron chi connectivity index (χ1n) is 5.84. The van der Waals surface area contributed by atoms with E-state index in [2.05, 4.69) is 5.32 Å². The van der Waals surface area contributed by atoms with Gasteiger partial charge < -0.3 is 10.1 Å². The highest BCUT2D eigenvalue weighted by molar-refractivity contribution is 5.47. The summed E-state index contributed by atoms with van der Waals surface area (Å²) in [4.78, 5) is 0. The fourth-order valence-corrected chi connectivity index (χ4v) is 1.99. The summed E-state index contributed by atoms with van der Waals surface area (Å²) >= 11 is 0. The molecule has 2 nitrogen and oxygen atoms in total. The smallest absolute Gasteiger partial charge is 0.149 e. The van der Waals surface area contributed by atoms with Gasteiger partial charge in [-0.15, -0.1) is 0 Å². The van der Waals surface area contributed by atoms with Crippen LogP contribution in [-0.2, 0) is 4.74 Å². The molecule has 0 spiro atoms. The van der Waals surface area contributed by atoms with Crippen LogP contribution in [0.5, 0.6) is 0 Å². The van der Waals surface area contributed by atoms with Crippen LogP contribution < -0.4 is 5.32 Å². The van der Waals surface area contributed by atoms with Crippen molar-refractivity contribution in [2.45, 2.75) is 19.8 Å². The lowest BCUT2D eigenvalue weighted by molar-refractivity contribution is 0.0699. The molecular formula is C13H18FNO. The molecule has 0 unspecified atom stereocenters. The molecule has 1 aliphatic rings. The number of hydrogen-bond donors (Lipinski definition) is 1. The monoisotopic (exact) mass is 223 g/mol. The zero-order chi connectivity index (χ0) is 11.4. The SMILES string of the molecule is Cc1cccc(NCC2CCOCC2)c1F. The molecule has 0 bridgehead atoms. The maximum Gasteiger partial charge on any atom is 0.149 e. The summed E-state index contributed by atoms with van der Waals surface area (Å²) in [5.41, 5.74) is 1.31. The van der Waals surface area contributed by atoms with E-state index in [1.807, 2.05) is 6.07 Å². The first-order chi connectivity index (χ1) is 7.77. The van der Waals surface area contributed by atoms with Gasteiger partial charge in [-0.25, -0.2) is 4.39 Å². The molecule has 1 aromatic rings. The third-order valence-electron chi connectivity index (χ3n) is 3.11. The van der Waals surface area contributed by atoms with Crippen molar-refractivity contribution in [3.05, 3.63) is 29.6 Å². The maximum atomic E-state index is 13.7. The highest BCUT2D eigenvalue weighted by Crippen LogP contribution is 2.20. The molecule has 1 saturated heterocycles. The molecule has 1 N–H and O–H groups in total. The lowest BCUT2D eigenvalue weighted by atomic mass is 10.0. The number of ether oxygens (including phenoxy) is 1. The second kappa shape index (κ2) is 5.30. The molecule has 0 saturated carbocycles. The molecule has 1 aromatic carbocycles. The summed E-state index contributed by atoms with van der Waals surface area (Å²) in [6.45, 7) is 4.30. The number of anilines is 1. The minimum atomic E-state index is -0.130. The Morgan fingerprint density at radius 3 is 2.88 bits per heavy atom. The van der Waals surface area contributed by atoms with Crippen LogP contribution in [-0.4, -0.2) is 19.8 Å². The van der Waals surface area contributed by atoms with Gasteiger partial charge in [0.15, 0.2) is 0 Å². The highest BCUT2D eigenvalue weighted by Gasteiger charge is 2.14. The Morgan fingerprint density at radius 2 is 2.12 bits per heavy atom. The number of aryl methyl sites for hydroxylation is 1. The molecular weight excluding hydrogens is 205 g/mol. The molecule has 88 valence electrons. The van der Waals surface area contributed by atoms with Gasteiger partial charge in [0.1, 0.15) is 5.82 Å². The van der Waals surface area contributed by atoms with Crippen LogP contribution in [0.1, 0.15) is 18.4 Å². The molecule has 2 rings (SSSR count). The van der Waals surface area contributed by atoms with Gasteiger partial charge in [-0.2, -0.15) is 0 Å². The van der Waals surface area contributed by atoms with E-state index in [-0.39, 0.29) is 5.82 Å². The van der Waals surface area contributed by atoms with Gasteiger partial charge in [-0.05, 0) is 37.3 Å². The van der Waals surface area contributed by atoms with Crippen LogP contribution in [0.2, 0.25) is 0 Å². The Kier molecular flexibility index (Phi) is 3.78. The Morgan fingerprint density at radius 1 is 1.38 bits per heavy atom. The third kappa shape index (κ3) is 2.73. The number of hydrogen-bond acceptors (Lipinski definition) is 2. The number of benzene rings is 1. The standard InChI is InChI=1S/C13H18FNO/c1-10-3-2-4-12(13(10)14)15-9-11-5-7-16-8-6-11/h2-4,11,15H,5-9H2,1H3. The van der Waals surface area contributed by atoms with Crippen LogP contribution in [0.4, 0.5) is 10.1 Å². The van der Waals surface area contributed by atoms with E-state index in [0.29, 0.717) is 17.2 Å². The fraction of sp³-hybridized carbons (Fsp3) is 0.538. The van der Waals surface area contributed by atoms with E-state index in [4.69, 9.17) is 4.74 Å². The molecule has 0 aromatic heterocycles. The second-order valence-electron chi connectivity index (χ2n) is 4.37. The van der Waals surface area contributed by atoms with Gasteiger partial charge in [-0.3, -0.25) is 0 Å². The van der Waals surface area contributed by atoms with Gasteiger partial charge in [0.05, 0.1) is 5.69 Å². The van der Waals surface area contributed by atoms with Gasteiger partial charge in [0.25, 0.3) is 0 Å². The van der Waals surface area contributed by atoms with E-state index in [1.54, 1.807) is 19.1 Å². The van der Waals surface area contributed by atoms with Crippen molar-refractivity contribution in [1.82, 2.24) is 0 Å². The summed E-state index contributed by atoms with van der Waals surface area (Å²) in [6, 6.07) is 5.46. The quantitative estimate of drug-likeness (QED) is 0.850. The molecule has 16 heavy (non-hydrogen) atoms. The largest absolute Gasteiger partial charge is 0.382 e. The van der Waals surface area contributed by atoms with E-state index in [0.717, 1.165) is 32.6 Å². The topological polar surface area (TPSA) is 21.3 Å². The zero-order valence-electron chi connectivity index (χ0n) is 9.63. The second-order valence-corrected chi connectivity index (χ2v) is 4.37. The van der Waals surface area contributed by atoms with Gasteiger partial charge >= 0.3 is 0 Å². The Bertz CT molecular complexity index is 348. The minimum absolute atomic E-state index is 0.130. The minimum Gasteiger partial charge on any atom is -0.382 e. The number of nitrogens with one attached hydrogen (secondary N) is 1. The van der Waals surface area contributed by atoms with Crippen molar-refractivity contribution in [2.24, 2.45) is 5.92 Å².